The summed E-state index contributed by atoms with van der Waals surface area (Å²) in [6.07, 6.45) is 1.29. The summed E-state index contributed by atoms with van der Waals surface area (Å²) in [5.41, 5.74) is 0.276. The fraction of sp³-hybridized carbons (Fsp3) is 0.400. The van der Waals surface area contributed by atoms with E-state index < -0.39 is 18.0 Å². The molecule has 3 amide bonds. The molecule has 1 atom stereocenters. The average Bonchev–Trinajstić information content (AvgIpc) is 2.81. The number of nitrogens with one attached hydrogen (secondary N) is 1. The number of anilines is 1. The van der Waals surface area contributed by atoms with Gasteiger partial charge < -0.3 is 14.8 Å². The van der Waals surface area contributed by atoms with E-state index in [9.17, 15) is 14.4 Å². The van der Waals surface area contributed by atoms with Gasteiger partial charge in [0.1, 0.15) is 17.4 Å². The second kappa shape index (κ2) is 6.87. The van der Waals surface area contributed by atoms with Gasteiger partial charge in [-0.1, -0.05) is 24.9 Å². The monoisotopic (exact) mass is 340 g/mol. The smallest absolute Gasteiger partial charge is 0.341 e. The Balaban J connectivity index is 2.46. The van der Waals surface area contributed by atoms with E-state index in [1.807, 2.05) is 6.92 Å². The first-order valence-corrected chi connectivity index (χ1v) is 7.42. The molecule has 0 aromatic heterocycles. The summed E-state index contributed by atoms with van der Waals surface area (Å²) >= 11 is 6.16. The predicted molar refractivity (Wildman–Crippen MR) is 84.1 cm³/mol. The molecule has 1 heterocycles. The Hall–Kier alpha value is -2.28. The van der Waals surface area contributed by atoms with E-state index >= 15 is 0 Å². The number of amides is 3. The van der Waals surface area contributed by atoms with Crippen LogP contribution in [0.3, 0.4) is 0 Å². The van der Waals surface area contributed by atoms with E-state index in [2.05, 4.69) is 10.1 Å². The van der Waals surface area contributed by atoms with Crippen LogP contribution in [0.5, 0.6) is 5.75 Å². The highest BCUT2D eigenvalue weighted by molar-refractivity contribution is 6.36. The fourth-order valence-electron chi connectivity index (χ4n) is 2.40. The van der Waals surface area contributed by atoms with Gasteiger partial charge in [0.25, 0.3) is 5.91 Å². The van der Waals surface area contributed by atoms with Crippen LogP contribution in [0.4, 0.5) is 10.5 Å². The molecule has 124 valence electrons. The summed E-state index contributed by atoms with van der Waals surface area (Å²) in [6, 6.07) is 1.56. The van der Waals surface area contributed by atoms with Crippen LogP contribution >= 0.6 is 11.6 Å². The number of esters is 1. The molecule has 1 aromatic rings. The van der Waals surface area contributed by atoms with Crippen LogP contribution in [0.1, 0.15) is 30.1 Å². The second-order valence-corrected chi connectivity index (χ2v) is 5.37. The third-order valence-electron chi connectivity index (χ3n) is 3.51. The molecule has 0 bridgehead atoms. The van der Waals surface area contributed by atoms with Crippen molar-refractivity contribution in [2.45, 2.75) is 25.8 Å². The molecule has 1 aliphatic heterocycles. The highest BCUT2D eigenvalue weighted by atomic mass is 35.5. The zero-order valence-corrected chi connectivity index (χ0v) is 13.8. The SMILES string of the molecule is CCC[C@@H]1NC(=O)N(c2cc(OC)c(C(=O)OC)cc2Cl)C1=O. The van der Waals surface area contributed by atoms with Crippen molar-refractivity contribution in [3.05, 3.63) is 22.7 Å². The molecule has 0 saturated carbocycles. The molecule has 1 saturated heterocycles. The Kier molecular flexibility index (Phi) is 5.10. The maximum absolute atomic E-state index is 12.4. The Morgan fingerprint density at radius 2 is 2.04 bits per heavy atom. The van der Waals surface area contributed by atoms with Crippen molar-refractivity contribution in [3.63, 3.8) is 0 Å². The lowest BCUT2D eigenvalue weighted by atomic mass is 10.1. The van der Waals surface area contributed by atoms with E-state index in [0.29, 0.717) is 6.42 Å². The first kappa shape index (κ1) is 17.1. The number of methoxy groups -OCH3 is 2. The lowest BCUT2D eigenvalue weighted by Gasteiger charge is -2.17. The van der Waals surface area contributed by atoms with Crippen LogP contribution < -0.4 is 15.0 Å². The summed E-state index contributed by atoms with van der Waals surface area (Å²) in [5.74, 6) is -0.848. The van der Waals surface area contributed by atoms with Crippen molar-refractivity contribution < 1.29 is 23.9 Å². The number of carbonyl (C=O) groups excluding carboxylic acids is 3. The van der Waals surface area contributed by atoms with Crippen LogP contribution in [0.2, 0.25) is 5.02 Å². The summed E-state index contributed by atoms with van der Waals surface area (Å²) in [7, 11) is 2.60. The van der Waals surface area contributed by atoms with E-state index in [4.69, 9.17) is 16.3 Å². The molecule has 2 rings (SSSR count). The van der Waals surface area contributed by atoms with Gasteiger partial charge in [-0.15, -0.1) is 0 Å². The van der Waals surface area contributed by atoms with Gasteiger partial charge in [0.15, 0.2) is 0 Å². The quantitative estimate of drug-likeness (QED) is 0.657. The summed E-state index contributed by atoms with van der Waals surface area (Å²) in [6.45, 7) is 1.92. The fourth-order valence-corrected chi connectivity index (χ4v) is 2.64. The van der Waals surface area contributed by atoms with Crippen molar-refractivity contribution in [2.75, 3.05) is 19.1 Å². The second-order valence-electron chi connectivity index (χ2n) is 4.96. The molecule has 1 fully saturated rings. The number of nitrogens with zero attached hydrogens (tertiary/aromatic N) is 1. The molecule has 0 aliphatic carbocycles. The van der Waals surface area contributed by atoms with Gasteiger partial charge in [0.2, 0.25) is 0 Å². The molecule has 7 nitrogen and oxygen atoms in total. The lowest BCUT2D eigenvalue weighted by molar-refractivity contribution is -0.118. The Labute approximate surface area is 138 Å². The van der Waals surface area contributed by atoms with Crippen LogP contribution in [0.15, 0.2) is 12.1 Å². The van der Waals surface area contributed by atoms with Crippen LogP contribution in [-0.4, -0.2) is 38.2 Å². The molecule has 1 aromatic carbocycles. The molecule has 0 radical (unpaired) electrons. The van der Waals surface area contributed by atoms with E-state index in [0.717, 1.165) is 11.3 Å². The molecular formula is C15H17ClN2O5. The Bertz CT molecular complexity index is 662. The molecule has 1 N–H and O–H groups in total. The summed E-state index contributed by atoms with van der Waals surface area (Å²) < 4.78 is 9.79. The summed E-state index contributed by atoms with van der Waals surface area (Å²) in [4.78, 5) is 37.2. The molecule has 8 heteroatoms. The van der Waals surface area contributed by atoms with Gasteiger partial charge >= 0.3 is 12.0 Å². The lowest BCUT2D eigenvalue weighted by Crippen LogP contribution is -2.31. The summed E-state index contributed by atoms with van der Waals surface area (Å²) in [5, 5.41) is 2.69. The number of rotatable bonds is 5. The number of hydrogen-bond acceptors (Lipinski definition) is 5. The largest absolute Gasteiger partial charge is 0.496 e. The molecule has 0 spiro atoms. The van der Waals surface area contributed by atoms with Crippen molar-refractivity contribution in [1.82, 2.24) is 5.32 Å². The van der Waals surface area contributed by atoms with Crippen molar-refractivity contribution in [3.8, 4) is 5.75 Å². The normalized spacial score (nSPS) is 17.2. The number of imide groups is 1. The average molecular weight is 341 g/mol. The van der Waals surface area contributed by atoms with Gasteiger partial charge in [-0.3, -0.25) is 4.79 Å². The van der Waals surface area contributed by atoms with Crippen molar-refractivity contribution in [2.24, 2.45) is 0 Å². The standard InChI is InChI=1S/C15H17ClN2O5/c1-4-5-10-13(19)18(15(21)17-10)11-7-12(22-2)8(6-9(11)16)14(20)23-3/h6-7,10H,4-5H2,1-3H3,(H,17,21)/t10-/m0/s1. The first-order valence-electron chi connectivity index (χ1n) is 7.04. The predicted octanol–water partition coefficient (Wildman–Crippen LogP) is 2.36. The number of carbonyl (C=O) groups is 3. The first-order chi connectivity index (χ1) is 10.9. The number of ether oxygens (including phenoxy) is 2. The highest BCUT2D eigenvalue weighted by Crippen LogP contribution is 2.35. The molecule has 0 unspecified atom stereocenters. The molecule has 1 aliphatic rings. The van der Waals surface area contributed by atoms with E-state index in [-0.39, 0.29) is 27.9 Å². The maximum atomic E-state index is 12.4. The number of hydrogen-bond donors (Lipinski definition) is 1. The number of halogens is 1. The van der Waals surface area contributed by atoms with Crippen LogP contribution in [-0.2, 0) is 9.53 Å². The Morgan fingerprint density at radius 3 is 2.61 bits per heavy atom. The van der Waals surface area contributed by atoms with Crippen LogP contribution in [0, 0.1) is 0 Å². The van der Waals surface area contributed by atoms with Crippen molar-refractivity contribution in [1.29, 1.82) is 0 Å². The minimum Gasteiger partial charge on any atom is -0.496 e. The zero-order chi connectivity index (χ0) is 17.1. The van der Waals surface area contributed by atoms with Gasteiger partial charge in [0, 0.05) is 6.07 Å². The van der Waals surface area contributed by atoms with Gasteiger partial charge in [-0.25, -0.2) is 14.5 Å². The van der Waals surface area contributed by atoms with Gasteiger partial charge in [0.05, 0.1) is 24.9 Å². The van der Waals surface area contributed by atoms with E-state index in [1.54, 1.807) is 0 Å². The molecular weight excluding hydrogens is 324 g/mol. The minimum absolute atomic E-state index is 0.0758. The van der Waals surface area contributed by atoms with E-state index in [1.165, 1.54) is 26.4 Å². The minimum atomic E-state index is -0.628. The third kappa shape index (κ3) is 3.10. The topological polar surface area (TPSA) is 84.9 Å². The van der Waals surface area contributed by atoms with Crippen molar-refractivity contribution >= 4 is 35.2 Å². The maximum Gasteiger partial charge on any atom is 0.341 e. The number of urea groups is 1. The van der Waals surface area contributed by atoms with Gasteiger partial charge in [-0.2, -0.15) is 0 Å². The Morgan fingerprint density at radius 1 is 1.35 bits per heavy atom. The third-order valence-corrected chi connectivity index (χ3v) is 3.81. The number of benzene rings is 1. The van der Waals surface area contributed by atoms with Crippen LogP contribution in [0.25, 0.3) is 0 Å². The zero-order valence-electron chi connectivity index (χ0n) is 13.0. The molecule has 23 heavy (non-hydrogen) atoms. The van der Waals surface area contributed by atoms with Gasteiger partial charge in [-0.05, 0) is 12.5 Å². The highest BCUT2D eigenvalue weighted by Gasteiger charge is 2.39.